The summed E-state index contributed by atoms with van der Waals surface area (Å²) in [5.41, 5.74) is 8.80. The minimum Gasteiger partial charge on any atom is -0.486 e. The molecular weight excluding hydrogens is 306 g/mol. The molecule has 2 rings (SSSR count). The van der Waals surface area contributed by atoms with E-state index in [1.165, 1.54) is 0 Å². The van der Waals surface area contributed by atoms with E-state index in [4.69, 9.17) is 10.5 Å². The predicted molar refractivity (Wildman–Crippen MR) is 79.0 cm³/mol. The van der Waals surface area contributed by atoms with Crippen LogP contribution in [0.5, 0.6) is 5.75 Å². The first-order chi connectivity index (χ1) is 9.15. The molecule has 102 valence electrons. The van der Waals surface area contributed by atoms with Gasteiger partial charge in [-0.2, -0.15) is 5.10 Å². The molecule has 0 aliphatic carbocycles. The van der Waals surface area contributed by atoms with Gasteiger partial charge in [-0.15, -0.1) is 0 Å². The lowest BCUT2D eigenvalue weighted by molar-refractivity contribution is 0.287. The zero-order valence-corrected chi connectivity index (χ0v) is 12.8. The number of rotatable bonds is 5. The van der Waals surface area contributed by atoms with Crippen LogP contribution in [0.2, 0.25) is 0 Å². The second-order valence-corrected chi connectivity index (χ2v) is 5.17. The van der Waals surface area contributed by atoms with Gasteiger partial charge in [0.15, 0.2) is 0 Å². The number of benzene rings is 1. The minimum absolute atomic E-state index is 0.459. The van der Waals surface area contributed by atoms with Crippen molar-refractivity contribution in [3.05, 3.63) is 45.7 Å². The zero-order chi connectivity index (χ0) is 13.8. The van der Waals surface area contributed by atoms with Crippen molar-refractivity contribution < 1.29 is 4.74 Å². The van der Waals surface area contributed by atoms with Crippen molar-refractivity contribution in [2.45, 2.75) is 33.5 Å². The largest absolute Gasteiger partial charge is 0.486 e. The molecule has 4 nitrogen and oxygen atoms in total. The Balaban J connectivity index is 2.18. The Morgan fingerprint density at radius 2 is 2.21 bits per heavy atom. The van der Waals surface area contributed by atoms with Crippen LogP contribution in [0.25, 0.3) is 0 Å². The first kappa shape index (κ1) is 14.1. The lowest BCUT2D eigenvalue weighted by Crippen LogP contribution is -2.08. The van der Waals surface area contributed by atoms with Gasteiger partial charge in [0.25, 0.3) is 0 Å². The van der Waals surface area contributed by atoms with E-state index in [1.54, 1.807) is 0 Å². The maximum Gasteiger partial charge on any atom is 0.138 e. The third-order valence-corrected chi connectivity index (χ3v) is 3.54. The van der Waals surface area contributed by atoms with E-state index in [0.29, 0.717) is 13.2 Å². The van der Waals surface area contributed by atoms with Gasteiger partial charge in [-0.3, -0.25) is 4.68 Å². The van der Waals surface area contributed by atoms with Gasteiger partial charge in [-0.1, -0.05) is 12.1 Å². The number of para-hydroxylation sites is 1. The molecule has 0 aliphatic rings. The van der Waals surface area contributed by atoms with Crippen LogP contribution in [-0.4, -0.2) is 9.78 Å². The van der Waals surface area contributed by atoms with E-state index in [0.717, 1.165) is 33.7 Å². The van der Waals surface area contributed by atoms with Gasteiger partial charge < -0.3 is 10.5 Å². The smallest absolute Gasteiger partial charge is 0.138 e. The number of ether oxygens (including phenoxy) is 1. The Kier molecular flexibility index (Phi) is 4.61. The molecule has 5 heteroatoms. The highest BCUT2D eigenvalue weighted by Crippen LogP contribution is 2.29. The van der Waals surface area contributed by atoms with E-state index < -0.39 is 0 Å². The summed E-state index contributed by atoms with van der Waals surface area (Å²) in [6.07, 6.45) is 0. The monoisotopic (exact) mass is 323 g/mol. The predicted octanol–water partition coefficient (Wildman–Crippen LogP) is 3.01. The van der Waals surface area contributed by atoms with Crippen LogP contribution in [0.4, 0.5) is 0 Å². The Morgan fingerprint density at radius 3 is 2.89 bits per heavy atom. The van der Waals surface area contributed by atoms with Crippen molar-refractivity contribution in [3.63, 3.8) is 0 Å². The molecule has 2 aromatic rings. The van der Waals surface area contributed by atoms with Crippen molar-refractivity contribution in [1.29, 1.82) is 0 Å². The number of nitrogens with zero attached hydrogens (tertiary/aromatic N) is 2. The summed E-state index contributed by atoms with van der Waals surface area (Å²) in [7, 11) is 0. The number of aromatic nitrogens is 2. The lowest BCUT2D eigenvalue weighted by Gasteiger charge is -2.12. The molecule has 0 fully saturated rings. The molecule has 19 heavy (non-hydrogen) atoms. The highest BCUT2D eigenvalue weighted by Gasteiger charge is 2.09. The Bertz CT molecular complexity index is 566. The van der Waals surface area contributed by atoms with Gasteiger partial charge in [0.1, 0.15) is 12.4 Å². The fourth-order valence-electron chi connectivity index (χ4n) is 2.01. The minimum atomic E-state index is 0.459. The number of nitrogens with two attached hydrogens (primary N) is 1. The zero-order valence-electron chi connectivity index (χ0n) is 11.2. The van der Waals surface area contributed by atoms with Crippen molar-refractivity contribution in [1.82, 2.24) is 9.78 Å². The summed E-state index contributed by atoms with van der Waals surface area (Å²) in [4.78, 5) is 0. The van der Waals surface area contributed by atoms with E-state index in [9.17, 15) is 0 Å². The van der Waals surface area contributed by atoms with Gasteiger partial charge in [0, 0.05) is 18.7 Å². The molecule has 0 saturated carbocycles. The van der Waals surface area contributed by atoms with E-state index in [2.05, 4.69) is 28.0 Å². The standard InChI is InChI=1S/C14H18BrN3O/c1-3-18-12(7-10(2)17-18)9-19-14-11(8-16)5-4-6-13(14)15/h4-7H,3,8-9,16H2,1-2H3. The Labute approximate surface area is 121 Å². The van der Waals surface area contributed by atoms with Crippen LogP contribution < -0.4 is 10.5 Å². The normalized spacial score (nSPS) is 10.7. The van der Waals surface area contributed by atoms with E-state index in [-0.39, 0.29) is 0 Å². The summed E-state index contributed by atoms with van der Waals surface area (Å²) >= 11 is 3.50. The van der Waals surface area contributed by atoms with Gasteiger partial charge in [-0.25, -0.2) is 0 Å². The molecule has 2 N–H and O–H groups in total. The summed E-state index contributed by atoms with van der Waals surface area (Å²) in [5.74, 6) is 0.812. The molecule has 0 amide bonds. The first-order valence-corrected chi connectivity index (χ1v) is 7.08. The first-order valence-electron chi connectivity index (χ1n) is 6.29. The molecular formula is C14H18BrN3O. The average Bonchev–Trinajstić information content (AvgIpc) is 2.77. The molecule has 0 aliphatic heterocycles. The lowest BCUT2D eigenvalue weighted by atomic mass is 10.2. The summed E-state index contributed by atoms with van der Waals surface area (Å²) in [6, 6.07) is 7.93. The van der Waals surface area contributed by atoms with Crippen molar-refractivity contribution in [2.75, 3.05) is 0 Å². The maximum absolute atomic E-state index is 5.91. The number of halogens is 1. The van der Waals surface area contributed by atoms with Crippen LogP contribution in [0.1, 0.15) is 23.9 Å². The molecule has 1 aromatic heterocycles. The van der Waals surface area contributed by atoms with Crippen molar-refractivity contribution in [2.24, 2.45) is 5.73 Å². The average molecular weight is 324 g/mol. The van der Waals surface area contributed by atoms with Crippen LogP contribution in [0.3, 0.4) is 0 Å². The summed E-state index contributed by atoms with van der Waals surface area (Å²) in [5, 5.41) is 4.41. The molecule has 0 saturated heterocycles. The second kappa shape index (κ2) is 6.21. The fraction of sp³-hybridized carbons (Fsp3) is 0.357. The summed E-state index contributed by atoms with van der Waals surface area (Å²) in [6.45, 7) is 5.84. The Morgan fingerprint density at radius 1 is 1.42 bits per heavy atom. The van der Waals surface area contributed by atoms with Crippen LogP contribution >= 0.6 is 15.9 Å². The third kappa shape index (κ3) is 3.16. The topological polar surface area (TPSA) is 53.1 Å². The van der Waals surface area contributed by atoms with Gasteiger partial charge in [0.2, 0.25) is 0 Å². The van der Waals surface area contributed by atoms with Crippen LogP contribution in [0, 0.1) is 6.92 Å². The maximum atomic E-state index is 5.91. The number of aryl methyl sites for hydroxylation is 2. The van der Waals surface area contributed by atoms with Gasteiger partial charge in [0.05, 0.1) is 15.9 Å². The van der Waals surface area contributed by atoms with Gasteiger partial charge in [-0.05, 0) is 41.9 Å². The summed E-state index contributed by atoms with van der Waals surface area (Å²) < 4.78 is 8.79. The molecule has 0 atom stereocenters. The quantitative estimate of drug-likeness (QED) is 0.920. The van der Waals surface area contributed by atoms with E-state index in [1.807, 2.05) is 35.9 Å². The SMILES string of the molecule is CCn1nc(C)cc1COc1c(Br)cccc1CN. The molecule has 0 radical (unpaired) electrons. The molecule has 1 heterocycles. The van der Waals surface area contributed by atoms with E-state index >= 15 is 0 Å². The molecule has 0 unspecified atom stereocenters. The van der Waals surface area contributed by atoms with Gasteiger partial charge >= 0.3 is 0 Å². The highest BCUT2D eigenvalue weighted by molar-refractivity contribution is 9.10. The number of hydrogen-bond acceptors (Lipinski definition) is 3. The van der Waals surface area contributed by atoms with Crippen molar-refractivity contribution >= 4 is 15.9 Å². The molecule has 1 aromatic carbocycles. The van der Waals surface area contributed by atoms with Crippen LogP contribution in [0.15, 0.2) is 28.7 Å². The number of hydrogen-bond donors (Lipinski definition) is 1. The second-order valence-electron chi connectivity index (χ2n) is 4.31. The third-order valence-electron chi connectivity index (χ3n) is 2.92. The molecule has 0 bridgehead atoms. The molecule has 0 spiro atoms. The van der Waals surface area contributed by atoms with Crippen LogP contribution in [-0.2, 0) is 19.7 Å². The fourth-order valence-corrected chi connectivity index (χ4v) is 2.53. The highest BCUT2D eigenvalue weighted by atomic mass is 79.9. The Hall–Kier alpha value is -1.33. The van der Waals surface area contributed by atoms with Crippen molar-refractivity contribution in [3.8, 4) is 5.75 Å².